The predicted octanol–water partition coefficient (Wildman–Crippen LogP) is 4.54. The number of methoxy groups -OCH3 is 1. The minimum Gasteiger partial charge on any atom is -0.493 e. The van der Waals surface area contributed by atoms with Crippen LogP contribution in [0.25, 0.3) is 10.9 Å². The van der Waals surface area contributed by atoms with Crippen LogP contribution in [-0.4, -0.2) is 65.0 Å². The van der Waals surface area contributed by atoms with Gasteiger partial charge in [0, 0.05) is 43.4 Å². The lowest BCUT2D eigenvalue weighted by molar-refractivity contribution is 0.0121. The van der Waals surface area contributed by atoms with Gasteiger partial charge >= 0.3 is 6.09 Å². The topological polar surface area (TPSA) is 103 Å². The van der Waals surface area contributed by atoms with Gasteiger partial charge in [0.15, 0.2) is 17.6 Å². The molecular weight excluding hydrogens is 462 g/mol. The number of amides is 1. The molecule has 3 heterocycles. The van der Waals surface area contributed by atoms with E-state index in [-0.39, 0.29) is 18.0 Å². The highest BCUT2D eigenvalue weighted by molar-refractivity contribution is 6.06. The highest BCUT2D eigenvalue weighted by Crippen LogP contribution is 2.46. The predicted molar refractivity (Wildman–Crippen MR) is 133 cm³/mol. The van der Waals surface area contributed by atoms with Crippen LogP contribution >= 0.6 is 0 Å². The van der Waals surface area contributed by atoms with Crippen LogP contribution in [0.2, 0.25) is 0 Å². The Hall–Kier alpha value is -3.75. The van der Waals surface area contributed by atoms with Crippen LogP contribution in [0.5, 0.6) is 17.2 Å². The van der Waals surface area contributed by atoms with E-state index in [2.05, 4.69) is 10.2 Å². The van der Waals surface area contributed by atoms with Crippen molar-refractivity contribution in [2.75, 3.05) is 20.2 Å². The molecular formula is C27H31N3O6. The number of carbonyl (C=O) groups excluding carboxylic acids is 2. The molecule has 0 aliphatic carbocycles. The van der Waals surface area contributed by atoms with Gasteiger partial charge in [-0.25, -0.2) is 4.79 Å². The SMILES string of the molecule is COc1ccc2c(c1OC1CCN(C(=O)OC(C)(C)C)CC1)OC(Cc1[nH]nc3ccccc13)C2=O. The zero-order chi connectivity index (χ0) is 25.4. The van der Waals surface area contributed by atoms with E-state index in [9.17, 15) is 9.59 Å². The Morgan fingerprint density at radius 1 is 1.17 bits per heavy atom. The molecule has 0 saturated carbocycles. The number of piperidine rings is 1. The lowest BCUT2D eigenvalue weighted by atomic mass is 10.0. The zero-order valence-corrected chi connectivity index (χ0v) is 21.0. The Bertz CT molecular complexity index is 1290. The van der Waals surface area contributed by atoms with E-state index in [0.717, 1.165) is 16.6 Å². The summed E-state index contributed by atoms with van der Waals surface area (Å²) in [6.45, 7) is 6.60. The monoisotopic (exact) mass is 493 g/mol. The number of likely N-dealkylation sites (tertiary alicyclic amines) is 1. The summed E-state index contributed by atoms with van der Waals surface area (Å²) in [5, 5.41) is 8.33. The van der Waals surface area contributed by atoms with E-state index in [1.165, 1.54) is 0 Å². The highest BCUT2D eigenvalue weighted by Gasteiger charge is 2.38. The van der Waals surface area contributed by atoms with E-state index in [1.807, 2.05) is 45.0 Å². The number of H-pyrrole nitrogens is 1. The second kappa shape index (κ2) is 9.37. The van der Waals surface area contributed by atoms with Crippen molar-refractivity contribution in [2.45, 2.75) is 57.8 Å². The Morgan fingerprint density at radius 2 is 1.92 bits per heavy atom. The van der Waals surface area contributed by atoms with Crippen LogP contribution in [0.4, 0.5) is 4.79 Å². The number of benzene rings is 2. The number of ether oxygens (including phenoxy) is 4. The first kappa shape index (κ1) is 24.0. The van der Waals surface area contributed by atoms with Crippen LogP contribution in [-0.2, 0) is 11.2 Å². The average molecular weight is 494 g/mol. The number of fused-ring (bicyclic) bond motifs is 2. The lowest BCUT2D eigenvalue weighted by Gasteiger charge is -2.33. The summed E-state index contributed by atoms with van der Waals surface area (Å²) < 4.78 is 23.6. The molecule has 9 heteroatoms. The van der Waals surface area contributed by atoms with E-state index >= 15 is 0 Å². The molecule has 3 aromatic rings. The van der Waals surface area contributed by atoms with Crippen molar-refractivity contribution in [3.63, 3.8) is 0 Å². The van der Waals surface area contributed by atoms with Crippen LogP contribution < -0.4 is 14.2 Å². The smallest absolute Gasteiger partial charge is 0.410 e. The first-order chi connectivity index (χ1) is 17.2. The number of aromatic nitrogens is 2. The fourth-order valence-electron chi connectivity index (χ4n) is 4.64. The van der Waals surface area contributed by atoms with Crippen molar-refractivity contribution in [1.29, 1.82) is 0 Å². The molecule has 1 saturated heterocycles. The number of carbonyl (C=O) groups is 2. The van der Waals surface area contributed by atoms with Gasteiger partial charge in [0.05, 0.1) is 18.2 Å². The molecule has 0 spiro atoms. The van der Waals surface area contributed by atoms with Crippen LogP contribution in [0, 0.1) is 0 Å². The first-order valence-electron chi connectivity index (χ1n) is 12.2. The minimum atomic E-state index is -0.688. The number of nitrogens with zero attached hydrogens (tertiary/aromatic N) is 2. The van der Waals surface area contributed by atoms with Gasteiger partial charge in [-0.2, -0.15) is 5.10 Å². The normalized spacial score (nSPS) is 18.2. The van der Waals surface area contributed by atoms with E-state index in [1.54, 1.807) is 24.1 Å². The van der Waals surface area contributed by atoms with E-state index in [0.29, 0.717) is 55.2 Å². The largest absolute Gasteiger partial charge is 0.493 e. The Morgan fingerprint density at radius 3 is 2.64 bits per heavy atom. The van der Waals surface area contributed by atoms with Crippen molar-refractivity contribution in [1.82, 2.24) is 15.1 Å². The molecule has 1 fully saturated rings. The average Bonchev–Trinajstić information content (AvgIpc) is 3.40. The summed E-state index contributed by atoms with van der Waals surface area (Å²) >= 11 is 0. The number of aromatic amines is 1. The number of hydrogen-bond acceptors (Lipinski definition) is 7. The van der Waals surface area contributed by atoms with Crippen LogP contribution in [0.1, 0.15) is 49.7 Å². The van der Waals surface area contributed by atoms with E-state index in [4.69, 9.17) is 18.9 Å². The summed E-state index contributed by atoms with van der Waals surface area (Å²) in [5.41, 5.74) is 1.64. The van der Waals surface area contributed by atoms with Gasteiger partial charge in [-0.05, 0) is 39.0 Å². The minimum absolute atomic E-state index is 0.101. The molecule has 1 amide bonds. The zero-order valence-electron chi connectivity index (χ0n) is 21.0. The van der Waals surface area contributed by atoms with Gasteiger partial charge in [0.2, 0.25) is 11.5 Å². The molecule has 190 valence electrons. The Kier molecular flexibility index (Phi) is 6.24. The number of ketones is 1. The first-order valence-corrected chi connectivity index (χ1v) is 12.2. The molecule has 1 atom stereocenters. The third-order valence-electron chi connectivity index (χ3n) is 6.42. The van der Waals surface area contributed by atoms with E-state index < -0.39 is 11.7 Å². The fraction of sp³-hybridized carbons (Fsp3) is 0.444. The second-order valence-electron chi connectivity index (χ2n) is 10.2. The van der Waals surface area contributed by atoms with Crippen molar-refractivity contribution < 1.29 is 28.5 Å². The standard InChI is InChI=1S/C27H31N3O6/c1-27(2,3)36-26(32)30-13-11-16(12-14-30)34-25-21(33-4)10-9-18-23(31)22(35-24(18)25)15-20-17-7-5-6-8-19(17)28-29-20/h5-10,16,22H,11-15H2,1-4H3,(H,28,29). The van der Waals surface area contributed by atoms with Crippen molar-refractivity contribution in [3.8, 4) is 17.2 Å². The number of para-hydroxylation sites is 1. The molecule has 9 nitrogen and oxygen atoms in total. The van der Waals surface area contributed by atoms with Crippen LogP contribution in [0.3, 0.4) is 0 Å². The van der Waals surface area contributed by atoms with Gasteiger partial charge in [0.25, 0.3) is 0 Å². The molecule has 5 rings (SSSR count). The summed E-state index contributed by atoms with van der Waals surface area (Å²) in [7, 11) is 1.56. The number of nitrogens with one attached hydrogen (secondary N) is 1. The molecule has 36 heavy (non-hydrogen) atoms. The Balaban J connectivity index is 1.30. The van der Waals surface area contributed by atoms with Crippen molar-refractivity contribution in [3.05, 3.63) is 47.7 Å². The molecule has 1 unspecified atom stereocenters. The molecule has 1 aromatic heterocycles. The maximum Gasteiger partial charge on any atom is 0.410 e. The van der Waals surface area contributed by atoms with Gasteiger partial charge in [-0.1, -0.05) is 18.2 Å². The molecule has 2 aromatic carbocycles. The van der Waals surface area contributed by atoms with Gasteiger partial charge in [-0.3, -0.25) is 9.89 Å². The number of hydrogen-bond donors (Lipinski definition) is 1. The summed E-state index contributed by atoms with van der Waals surface area (Å²) in [5.74, 6) is 1.23. The number of rotatable bonds is 5. The maximum absolute atomic E-state index is 13.2. The van der Waals surface area contributed by atoms with Crippen molar-refractivity contribution >= 4 is 22.8 Å². The second-order valence-corrected chi connectivity index (χ2v) is 10.2. The lowest BCUT2D eigenvalue weighted by Crippen LogP contribution is -2.44. The summed E-state index contributed by atoms with van der Waals surface area (Å²) in [4.78, 5) is 27.3. The Labute approximate surface area is 209 Å². The van der Waals surface area contributed by atoms with Gasteiger partial charge < -0.3 is 23.8 Å². The van der Waals surface area contributed by atoms with Gasteiger partial charge in [0.1, 0.15) is 11.7 Å². The molecule has 2 aliphatic heterocycles. The quantitative estimate of drug-likeness (QED) is 0.557. The summed E-state index contributed by atoms with van der Waals surface area (Å²) in [6.07, 6.45) is 0.463. The highest BCUT2D eigenvalue weighted by atomic mass is 16.6. The third kappa shape index (κ3) is 4.69. The fourth-order valence-corrected chi connectivity index (χ4v) is 4.64. The summed E-state index contributed by atoms with van der Waals surface area (Å²) in [6, 6.07) is 11.2. The maximum atomic E-state index is 13.2. The van der Waals surface area contributed by atoms with Crippen LogP contribution in [0.15, 0.2) is 36.4 Å². The molecule has 1 N–H and O–H groups in total. The molecule has 2 aliphatic rings. The third-order valence-corrected chi connectivity index (χ3v) is 6.42. The number of Topliss-reactive ketones (excluding diaryl/α,β-unsaturated/α-hetero) is 1. The van der Waals surface area contributed by atoms with Gasteiger partial charge in [-0.15, -0.1) is 0 Å². The molecule has 0 bridgehead atoms. The van der Waals surface area contributed by atoms with Crippen molar-refractivity contribution in [2.24, 2.45) is 0 Å². The molecule has 0 radical (unpaired) electrons.